The van der Waals surface area contributed by atoms with Crippen LogP contribution >= 0.6 is 23.2 Å². The summed E-state index contributed by atoms with van der Waals surface area (Å²) in [6, 6.07) is 3.99. The first-order valence-electron chi connectivity index (χ1n) is 3.41. The van der Waals surface area contributed by atoms with Crippen molar-refractivity contribution in [3.05, 3.63) is 28.2 Å². The summed E-state index contributed by atoms with van der Waals surface area (Å²) >= 11 is 11.2. The van der Waals surface area contributed by atoms with E-state index in [1.54, 1.807) is 0 Å². The number of carboxylic acid groups (broad SMARTS) is 1. The van der Waals surface area contributed by atoms with Crippen LogP contribution < -0.4 is 4.74 Å². The zero-order valence-corrected chi connectivity index (χ0v) is 8.17. The van der Waals surface area contributed by atoms with Gasteiger partial charge in [-0.05, 0) is 12.1 Å². The lowest BCUT2D eigenvalue weighted by atomic mass is 10.3. The fourth-order valence-corrected chi connectivity index (χ4v) is 0.979. The van der Waals surface area contributed by atoms with Crippen LogP contribution in [0, 0.1) is 0 Å². The first-order chi connectivity index (χ1) is 6.50. The van der Waals surface area contributed by atoms with E-state index in [0.717, 1.165) is 0 Å². The molecule has 1 aromatic carbocycles. The molecule has 1 aromatic rings. The smallest absolute Gasteiger partial charge is 0.422 e. The predicted octanol–water partition coefficient (Wildman–Crippen LogP) is 1.98. The van der Waals surface area contributed by atoms with Gasteiger partial charge in [-0.3, -0.25) is 0 Å². The molecule has 14 heavy (non-hydrogen) atoms. The number of carbonyl (C=O) groups is 2. The number of rotatable bonds is 1. The zero-order valence-electron chi connectivity index (χ0n) is 6.66. The maximum atomic E-state index is 10.6. The van der Waals surface area contributed by atoms with Gasteiger partial charge in [0.1, 0.15) is 5.75 Å². The van der Waals surface area contributed by atoms with Gasteiger partial charge in [0, 0.05) is 6.07 Å². The third-order valence-electron chi connectivity index (χ3n) is 1.28. The normalized spacial score (nSPS) is 9.57. The Kier molecular flexibility index (Phi) is 3.33. The SMILES string of the molecule is O=C(O)C(=O)Oc1ccc(Cl)c(Cl)c1. The van der Waals surface area contributed by atoms with Gasteiger partial charge in [-0.15, -0.1) is 0 Å². The Bertz CT molecular complexity index is 389. The lowest BCUT2D eigenvalue weighted by Gasteiger charge is -2.01. The van der Waals surface area contributed by atoms with Crippen LogP contribution in [-0.2, 0) is 9.59 Å². The molecule has 0 radical (unpaired) electrons. The number of ether oxygens (including phenoxy) is 1. The van der Waals surface area contributed by atoms with Crippen LogP contribution in [0.5, 0.6) is 5.75 Å². The van der Waals surface area contributed by atoms with E-state index in [9.17, 15) is 9.59 Å². The van der Waals surface area contributed by atoms with Crippen molar-refractivity contribution < 1.29 is 19.4 Å². The Balaban J connectivity index is 2.83. The number of hydrogen-bond donors (Lipinski definition) is 1. The van der Waals surface area contributed by atoms with Crippen molar-refractivity contribution in [2.24, 2.45) is 0 Å². The molecule has 0 spiro atoms. The van der Waals surface area contributed by atoms with E-state index in [0.29, 0.717) is 5.02 Å². The van der Waals surface area contributed by atoms with E-state index in [2.05, 4.69) is 4.74 Å². The van der Waals surface area contributed by atoms with Gasteiger partial charge in [0.25, 0.3) is 0 Å². The van der Waals surface area contributed by atoms with Crippen molar-refractivity contribution in [3.63, 3.8) is 0 Å². The molecular weight excluding hydrogens is 231 g/mol. The minimum absolute atomic E-state index is 0.0341. The topological polar surface area (TPSA) is 63.6 Å². The Labute approximate surface area is 89.0 Å². The predicted molar refractivity (Wildman–Crippen MR) is 49.7 cm³/mol. The average Bonchev–Trinajstić information content (AvgIpc) is 2.11. The molecule has 0 aliphatic carbocycles. The highest BCUT2D eigenvalue weighted by Gasteiger charge is 2.14. The summed E-state index contributed by atoms with van der Waals surface area (Å²) < 4.78 is 4.43. The summed E-state index contributed by atoms with van der Waals surface area (Å²) in [5, 5.41) is 8.71. The number of benzene rings is 1. The Morgan fingerprint density at radius 2 is 1.86 bits per heavy atom. The van der Waals surface area contributed by atoms with Gasteiger partial charge in [-0.25, -0.2) is 9.59 Å². The van der Waals surface area contributed by atoms with E-state index in [1.165, 1.54) is 18.2 Å². The molecule has 0 saturated heterocycles. The van der Waals surface area contributed by atoms with Crippen LogP contribution in [-0.4, -0.2) is 17.0 Å². The molecule has 0 fully saturated rings. The number of carboxylic acids is 1. The molecule has 0 unspecified atom stereocenters. The monoisotopic (exact) mass is 234 g/mol. The van der Waals surface area contributed by atoms with E-state index >= 15 is 0 Å². The summed E-state index contributed by atoms with van der Waals surface area (Å²) in [6.07, 6.45) is 0. The number of carbonyl (C=O) groups excluding carboxylic acids is 1. The summed E-state index contributed by atoms with van der Waals surface area (Å²) in [7, 11) is 0. The minimum Gasteiger partial charge on any atom is -0.473 e. The van der Waals surface area contributed by atoms with Crippen molar-refractivity contribution in [1.82, 2.24) is 0 Å². The van der Waals surface area contributed by atoms with Gasteiger partial charge in [-0.2, -0.15) is 0 Å². The second-order valence-electron chi connectivity index (χ2n) is 2.27. The van der Waals surface area contributed by atoms with Crippen LogP contribution in [0.15, 0.2) is 18.2 Å². The molecule has 1 N–H and O–H groups in total. The van der Waals surface area contributed by atoms with Gasteiger partial charge < -0.3 is 9.84 Å². The molecule has 0 bridgehead atoms. The molecule has 0 aromatic heterocycles. The molecule has 4 nitrogen and oxygen atoms in total. The second-order valence-corrected chi connectivity index (χ2v) is 3.08. The van der Waals surface area contributed by atoms with E-state index in [4.69, 9.17) is 28.3 Å². The Morgan fingerprint density at radius 3 is 2.36 bits per heavy atom. The van der Waals surface area contributed by atoms with E-state index in [-0.39, 0.29) is 10.8 Å². The van der Waals surface area contributed by atoms with Gasteiger partial charge in [0.05, 0.1) is 10.0 Å². The van der Waals surface area contributed by atoms with Crippen LogP contribution in [0.3, 0.4) is 0 Å². The molecule has 0 saturated carbocycles. The molecule has 74 valence electrons. The first kappa shape index (κ1) is 10.8. The largest absolute Gasteiger partial charge is 0.473 e. The standard InChI is InChI=1S/C8H4Cl2O4/c9-5-2-1-4(3-6(5)10)14-8(13)7(11)12/h1-3H,(H,11,12). The van der Waals surface area contributed by atoms with Crippen molar-refractivity contribution in [3.8, 4) is 5.75 Å². The van der Waals surface area contributed by atoms with Gasteiger partial charge >= 0.3 is 11.9 Å². The molecule has 0 aliphatic heterocycles. The third kappa shape index (κ3) is 2.61. The van der Waals surface area contributed by atoms with Gasteiger partial charge in [-0.1, -0.05) is 23.2 Å². The summed E-state index contributed by atoms with van der Waals surface area (Å²) in [6.45, 7) is 0. The maximum Gasteiger partial charge on any atom is 0.422 e. The Hall–Kier alpha value is -1.26. The van der Waals surface area contributed by atoms with Crippen molar-refractivity contribution in [1.29, 1.82) is 0 Å². The molecule has 1 rings (SSSR count). The summed E-state index contributed by atoms with van der Waals surface area (Å²) in [5.74, 6) is -3.01. The molecule has 6 heteroatoms. The second kappa shape index (κ2) is 4.30. The highest BCUT2D eigenvalue weighted by molar-refractivity contribution is 6.42. The Morgan fingerprint density at radius 1 is 1.21 bits per heavy atom. The molecule has 0 aliphatic rings. The molecule has 0 amide bonds. The van der Waals surface area contributed by atoms with Crippen LogP contribution in [0.1, 0.15) is 0 Å². The van der Waals surface area contributed by atoms with Gasteiger partial charge in [0.2, 0.25) is 0 Å². The zero-order chi connectivity index (χ0) is 10.7. The van der Waals surface area contributed by atoms with E-state index in [1.807, 2.05) is 0 Å². The number of halogens is 2. The highest BCUT2D eigenvalue weighted by atomic mass is 35.5. The third-order valence-corrected chi connectivity index (χ3v) is 2.02. The fraction of sp³-hybridized carbons (Fsp3) is 0. The lowest BCUT2D eigenvalue weighted by Crippen LogP contribution is -2.19. The lowest BCUT2D eigenvalue weighted by molar-refractivity contribution is -0.158. The fourth-order valence-electron chi connectivity index (χ4n) is 0.691. The van der Waals surface area contributed by atoms with E-state index < -0.39 is 11.9 Å². The number of hydrogen-bond acceptors (Lipinski definition) is 3. The molecular formula is C8H4Cl2O4. The molecule has 0 heterocycles. The number of aliphatic carboxylic acids is 1. The van der Waals surface area contributed by atoms with Crippen LogP contribution in [0.25, 0.3) is 0 Å². The number of esters is 1. The van der Waals surface area contributed by atoms with Crippen molar-refractivity contribution >= 4 is 35.1 Å². The maximum absolute atomic E-state index is 10.6. The van der Waals surface area contributed by atoms with Crippen LogP contribution in [0.2, 0.25) is 10.0 Å². The molecule has 0 atom stereocenters. The summed E-state index contributed by atoms with van der Waals surface area (Å²) in [4.78, 5) is 20.7. The highest BCUT2D eigenvalue weighted by Crippen LogP contribution is 2.26. The average molecular weight is 235 g/mol. The van der Waals surface area contributed by atoms with Crippen molar-refractivity contribution in [2.45, 2.75) is 0 Å². The van der Waals surface area contributed by atoms with Crippen LogP contribution in [0.4, 0.5) is 0 Å². The van der Waals surface area contributed by atoms with Gasteiger partial charge in [0.15, 0.2) is 0 Å². The minimum atomic E-state index is -1.67. The summed E-state index contributed by atoms with van der Waals surface area (Å²) in [5.41, 5.74) is 0. The quantitative estimate of drug-likeness (QED) is 0.459. The first-order valence-corrected chi connectivity index (χ1v) is 4.16. The van der Waals surface area contributed by atoms with Crippen molar-refractivity contribution in [2.75, 3.05) is 0 Å².